The van der Waals surface area contributed by atoms with Crippen molar-refractivity contribution >= 4 is 32.5 Å². The second kappa shape index (κ2) is 5.65. The molecule has 0 aliphatic carbocycles. The molecule has 2 heterocycles. The van der Waals surface area contributed by atoms with Crippen LogP contribution in [0.3, 0.4) is 0 Å². The number of fused-ring (bicyclic) bond motifs is 2. The number of methoxy groups -OCH3 is 2. The number of para-hydroxylation sites is 2. The summed E-state index contributed by atoms with van der Waals surface area (Å²) >= 11 is 1.50. The van der Waals surface area contributed by atoms with Crippen LogP contribution in [0.1, 0.15) is 0 Å². The minimum absolute atomic E-state index is 0.0870. The third-order valence-corrected chi connectivity index (χ3v) is 4.97. The van der Waals surface area contributed by atoms with Gasteiger partial charge in [0.1, 0.15) is 22.8 Å². The van der Waals surface area contributed by atoms with Crippen molar-refractivity contribution in [2.45, 2.75) is 0 Å². The molecule has 0 amide bonds. The van der Waals surface area contributed by atoms with E-state index < -0.39 is 0 Å². The average molecular weight is 338 g/mol. The van der Waals surface area contributed by atoms with Gasteiger partial charge in [-0.15, -0.1) is 11.3 Å². The Morgan fingerprint density at radius 1 is 1.08 bits per heavy atom. The minimum Gasteiger partial charge on any atom is -0.497 e. The van der Waals surface area contributed by atoms with Crippen molar-refractivity contribution in [3.63, 3.8) is 0 Å². The number of hydrogen-bond acceptors (Lipinski definition) is 5. The van der Waals surface area contributed by atoms with Crippen LogP contribution in [0, 0.1) is 0 Å². The summed E-state index contributed by atoms with van der Waals surface area (Å²) in [5, 5.41) is 1.37. The first-order valence-electron chi connectivity index (χ1n) is 7.33. The van der Waals surface area contributed by atoms with Crippen molar-refractivity contribution in [2.24, 2.45) is 0 Å². The molecule has 0 radical (unpaired) electrons. The lowest BCUT2D eigenvalue weighted by Gasteiger charge is -2.09. The molecule has 0 aliphatic heterocycles. The quantitative estimate of drug-likeness (QED) is 0.572. The Balaban J connectivity index is 2.03. The van der Waals surface area contributed by atoms with Crippen LogP contribution < -0.4 is 14.9 Å². The van der Waals surface area contributed by atoms with Crippen LogP contribution in [0.15, 0.2) is 53.6 Å². The predicted octanol–water partition coefficient (Wildman–Crippen LogP) is 3.62. The molecule has 120 valence electrons. The first kappa shape index (κ1) is 14.7. The fourth-order valence-corrected chi connectivity index (χ4v) is 3.86. The molecule has 0 unspecified atom stereocenters. The molecule has 24 heavy (non-hydrogen) atoms. The lowest BCUT2D eigenvalue weighted by atomic mass is 10.2. The van der Waals surface area contributed by atoms with Gasteiger partial charge in [0.05, 0.1) is 30.6 Å². The van der Waals surface area contributed by atoms with Gasteiger partial charge in [-0.3, -0.25) is 9.36 Å². The molecule has 0 atom stereocenters. The smallest absolute Gasteiger partial charge is 0.193 e. The Hall–Kier alpha value is -2.86. The molecule has 4 rings (SSSR count). The van der Waals surface area contributed by atoms with Crippen LogP contribution in [0.4, 0.5) is 0 Å². The summed E-state index contributed by atoms with van der Waals surface area (Å²) in [5.41, 5.74) is 1.76. The highest BCUT2D eigenvalue weighted by molar-refractivity contribution is 7.20. The van der Waals surface area contributed by atoms with E-state index in [1.54, 1.807) is 32.7 Å². The van der Waals surface area contributed by atoms with Crippen molar-refractivity contribution in [3.05, 3.63) is 59.0 Å². The summed E-state index contributed by atoms with van der Waals surface area (Å²) in [6, 6.07) is 13.0. The minimum atomic E-state index is -0.0870. The largest absolute Gasteiger partial charge is 0.497 e. The van der Waals surface area contributed by atoms with Gasteiger partial charge in [0.25, 0.3) is 0 Å². The number of aromatic nitrogens is 2. The molecule has 0 N–H and O–H groups in total. The first-order valence-corrected chi connectivity index (χ1v) is 8.15. The van der Waals surface area contributed by atoms with E-state index in [2.05, 4.69) is 4.98 Å². The zero-order chi connectivity index (χ0) is 16.7. The summed E-state index contributed by atoms with van der Waals surface area (Å²) in [7, 11) is 3.15. The molecule has 0 saturated carbocycles. The number of imidazole rings is 1. The van der Waals surface area contributed by atoms with E-state index in [1.165, 1.54) is 11.3 Å². The number of hydrogen-bond donors (Lipinski definition) is 0. The molecule has 2 aromatic carbocycles. The van der Waals surface area contributed by atoms with Crippen molar-refractivity contribution in [1.29, 1.82) is 0 Å². The standard InChI is InChI=1S/C18H14N2O3S/c1-22-11-7-15(23-2)18-14(21)9-17(24-16(18)8-11)20-10-19-12-5-3-4-6-13(12)20/h3-10H,1-2H3. The molecule has 6 heteroatoms. The van der Waals surface area contributed by atoms with Crippen molar-refractivity contribution in [1.82, 2.24) is 9.55 Å². The van der Waals surface area contributed by atoms with Crippen molar-refractivity contribution in [2.75, 3.05) is 14.2 Å². The lowest BCUT2D eigenvalue weighted by Crippen LogP contribution is -2.04. The van der Waals surface area contributed by atoms with E-state index in [4.69, 9.17) is 9.47 Å². The first-order chi connectivity index (χ1) is 11.7. The maximum Gasteiger partial charge on any atom is 0.193 e. The molecule has 0 saturated heterocycles. The average Bonchev–Trinajstić information content (AvgIpc) is 3.04. The van der Waals surface area contributed by atoms with Gasteiger partial charge >= 0.3 is 0 Å². The third-order valence-electron chi connectivity index (χ3n) is 3.90. The van der Waals surface area contributed by atoms with Crippen molar-refractivity contribution in [3.8, 4) is 16.5 Å². The van der Waals surface area contributed by atoms with Gasteiger partial charge in [0.15, 0.2) is 5.43 Å². The Morgan fingerprint density at radius 3 is 2.71 bits per heavy atom. The normalized spacial score (nSPS) is 11.1. The van der Waals surface area contributed by atoms with Crippen LogP contribution in [0.25, 0.3) is 26.1 Å². The van der Waals surface area contributed by atoms with Crippen LogP contribution >= 0.6 is 11.3 Å². The second-order valence-corrected chi connectivity index (χ2v) is 6.32. The van der Waals surface area contributed by atoms with E-state index in [-0.39, 0.29) is 5.43 Å². The molecule has 0 bridgehead atoms. The maximum atomic E-state index is 12.7. The van der Waals surface area contributed by atoms with Gasteiger partial charge in [-0.1, -0.05) is 12.1 Å². The third kappa shape index (κ3) is 2.23. The Bertz CT molecular complexity index is 1110. The van der Waals surface area contributed by atoms with E-state index in [0.717, 1.165) is 20.7 Å². The number of nitrogens with zero attached hydrogens (tertiary/aromatic N) is 2. The Kier molecular flexibility index (Phi) is 3.46. The topological polar surface area (TPSA) is 53.4 Å². The van der Waals surface area contributed by atoms with Gasteiger partial charge < -0.3 is 9.47 Å². The highest BCUT2D eigenvalue weighted by Gasteiger charge is 2.13. The maximum absolute atomic E-state index is 12.7. The number of benzene rings is 2. The number of ether oxygens (including phenoxy) is 2. The second-order valence-electron chi connectivity index (χ2n) is 5.25. The van der Waals surface area contributed by atoms with Gasteiger partial charge in [0.2, 0.25) is 0 Å². The molecule has 4 aromatic rings. The summed E-state index contributed by atoms with van der Waals surface area (Å²) in [4.78, 5) is 17.1. The van der Waals surface area contributed by atoms with Crippen LogP contribution in [0.2, 0.25) is 0 Å². The Morgan fingerprint density at radius 2 is 1.92 bits per heavy atom. The summed E-state index contributed by atoms with van der Waals surface area (Å²) in [5.74, 6) is 1.18. The van der Waals surface area contributed by atoms with Gasteiger partial charge in [-0.05, 0) is 18.2 Å². The van der Waals surface area contributed by atoms with Gasteiger partial charge in [-0.25, -0.2) is 4.98 Å². The molecule has 0 aliphatic rings. The Labute approximate surface area is 141 Å². The van der Waals surface area contributed by atoms with Gasteiger partial charge in [0, 0.05) is 16.8 Å². The molecule has 0 fully saturated rings. The fraction of sp³-hybridized carbons (Fsp3) is 0.111. The molecule has 5 nitrogen and oxygen atoms in total. The highest BCUT2D eigenvalue weighted by atomic mass is 32.1. The summed E-state index contributed by atoms with van der Waals surface area (Å²) < 4.78 is 13.4. The van der Waals surface area contributed by atoms with Crippen LogP contribution in [-0.4, -0.2) is 23.8 Å². The van der Waals surface area contributed by atoms with E-state index in [0.29, 0.717) is 16.9 Å². The van der Waals surface area contributed by atoms with Gasteiger partial charge in [-0.2, -0.15) is 0 Å². The highest BCUT2D eigenvalue weighted by Crippen LogP contribution is 2.33. The molecule has 2 aromatic heterocycles. The molecule has 0 spiro atoms. The zero-order valence-corrected chi connectivity index (χ0v) is 14.0. The van der Waals surface area contributed by atoms with Crippen LogP contribution in [-0.2, 0) is 0 Å². The molecular weight excluding hydrogens is 324 g/mol. The van der Waals surface area contributed by atoms with Crippen molar-refractivity contribution < 1.29 is 9.47 Å². The monoisotopic (exact) mass is 338 g/mol. The summed E-state index contributed by atoms with van der Waals surface area (Å²) in [6.45, 7) is 0. The predicted molar refractivity (Wildman–Crippen MR) is 95.8 cm³/mol. The lowest BCUT2D eigenvalue weighted by molar-refractivity contribution is 0.398. The molecular formula is C18H14N2O3S. The summed E-state index contributed by atoms with van der Waals surface area (Å²) in [6.07, 6.45) is 1.74. The van der Waals surface area contributed by atoms with E-state index >= 15 is 0 Å². The van der Waals surface area contributed by atoms with Crippen LogP contribution in [0.5, 0.6) is 11.5 Å². The van der Waals surface area contributed by atoms with E-state index in [1.807, 2.05) is 34.9 Å². The number of rotatable bonds is 3. The van der Waals surface area contributed by atoms with E-state index in [9.17, 15) is 4.79 Å². The zero-order valence-electron chi connectivity index (χ0n) is 13.1. The fourth-order valence-electron chi connectivity index (χ4n) is 2.75. The SMILES string of the molecule is COc1cc(OC)c2c(=O)cc(-n3cnc4ccccc43)sc2c1.